The molecule has 1 heterocycles. The Morgan fingerprint density at radius 1 is 1.64 bits per heavy atom. The molecule has 0 spiro atoms. The molecule has 1 aromatic heterocycles. The summed E-state index contributed by atoms with van der Waals surface area (Å²) >= 11 is 1.40. The Morgan fingerprint density at radius 3 is 2.91 bits per heavy atom. The van der Waals surface area contributed by atoms with Crippen LogP contribution in [0, 0.1) is 11.3 Å². The molecule has 0 fully saturated rings. The average Bonchev–Trinajstić information content (AvgIpc) is 2.05. The summed E-state index contributed by atoms with van der Waals surface area (Å²) < 4.78 is 0. The van der Waals surface area contributed by atoms with Crippen molar-refractivity contribution < 1.29 is 0 Å². The first-order chi connectivity index (χ1) is 5.29. The van der Waals surface area contributed by atoms with Crippen LogP contribution in [0.15, 0.2) is 11.4 Å². The first-order valence-electron chi connectivity index (χ1n) is 2.84. The van der Waals surface area contributed by atoms with Crippen LogP contribution in [0.2, 0.25) is 0 Å². The minimum Gasteiger partial charge on any atom is -0.394 e. The van der Waals surface area contributed by atoms with E-state index >= 15 is 0 Å². The lowest BCUT2D eigenvalue weighted by molar-refractivity contribution is 1.04. The summed E-state index contributed by atoms with van der Waals surface area (Å²) in [5.74, 6) is 0. The minimum atomic E-state index is 0.240. The van der Waals surface area contributed by atoms with Gasteiger partial charge in [0, 0.05) is 0 Å². The van der Waals surface area contributed by atoms with Crippen LogP contribution in [0.4, 0.5) is 5.69 Å². The van der Waals surface area contributed by atoms with Gasteiger partial charge in [0.1, 0.15) is 23.1 Å². The van der Waals surface area contributed by atoms with Crippen LogP contribution in [0.25, 0.3) is 0 Å². The molecule has 1 aromatic rings. The second-order valence-corrected chi connectivity index (χ2v) is 2.55. The fourth-order valence-corrected chi connectivity index (χ4v) is 1.10. The third-order valence-electron chi connectivity index (χ3n) is 1.15. The molecule has 1 rings (SSSR count). The van der Waals surface area contributed by atoms with Crippen LogP contribution in [0.5, 0.6) is 0 Å². The summed E-state index contributed by atoms with van der Waals surface area (Å²) in [6.45, 7) is 0. The van der Waals surface area contributed by atoms with Crippen LogP contribution in [-0.2, 0) is 0 Å². The highest BCUT2D eigenvalue weighted by atomic mass is 32.2. The number of aromatic nitrogens is 2. The van der Waals surface area contributed by atoms with Crippen LogP contribution in [-0.4, -0.2) is 16.2 Å². The standard InChI is InChI=1S/C6H6N4S/c1-11-6-5(8)4(2-7)9-3-10-6/h3H,8H2,1H3. The maximum absolute atomic E-state index is 8.51. The Bertz CT molecular complexity index is 304. The van der Waals surface area contributed by atoms with E-state index in [9.17, 15) is 0 Å². The number of rotatable bonds is 1. The largest absolute Gasteiger partial charge is 0.394 e. The van der Waals surface area contributed by atoms with E-state index in [0.29, 0.717) is 10.7 Å². The number of hydrogen-bond donors (Lipinski definition) is 1. The molecule has 0 saturated carbocycles. The van der Waals surface area contributed by atoms with Gasteiger partial charge < -0.3 is 5.73 Å². The SMILES string of the molecule is CSc1ncnc(C#N)c1N. The molecule has 0 radical (unpaired) electrons. The molecule has 2 N–H and O–H groups in total. The zero-order valence-corrected chi connectivity index (χ0v) is 6.72. The number of nitriles is 1. The van der Waals surface area contributed by atoms with Gasteiger partial charge in [0.05, 0.1) is 0 Å². The Kier molecular flexibility index (Phi) is 2.28. The molecule has 0 unspecified atom stereocenters. The van der Waals surface area contributed by atoms with Crippen LogP contribution in [0.3, 0.4) is 0 Å². The molecule has 0 bridgehead atoms. The smallest absolute Gasteiger partial charge is 0.167 e. The van der Waals surface area contributed by atoms with Gasteiger partial charge in [0.15, 0.2) is 5.69 Å². The summed E-state index contributed by atoms with van der Waals surface area (Å²) in [6, 6.07) is 1.88. The van der Waals surface area contributed by atoms with Gasteiger partial charge in [-0.3, -0.25) is 0 Å². The molecule has 5 heteroatoms. The molecule has 0 aromatic carbocycles. The Hall–Kier alpha value is -1.28. The first-order valence-corrected chi connectivity index (χ1v) is 4.06. The molecule has 0 aliphatic heterocycles. The molecule has 0 atom stereocenters. The number of thioether (sulfide) groups is 1. The van der Waals surface area contributed by atoms with Crippen LogP contribution in [0.1, 0.15) is 5.69 Å². The fourth-order valence-electron chi connectivity index (χ4n) is 0.631. The molecule has 0 aliphatic carbocycles. The zero-order chi connectivity index (χ0) is 8.27. The highest BCUT2D eigenvalue weighted by molar-refractivity contribution is 7.98. The lowest BCUT2D eigenvalue weighted by Crippen LogP contribution is -1.97. The average molecular weight is 166 g/mol. The quantitative estimate of drug-likeness (QED) is 0.489. The van der Waals surface area contributed by atoms with E-state index in [0.717, 1.165) is 0 Å². The summed E-state index contributed by atoms with van der Waals surface area (Å²) in [5, 5.41) is 9.16. The van der Waals surface area contributed by atoms with Crippen molar-refractivity contribution in [3.63, 3.8) is 0 Å². The van der Waals surface area contributed by atoms with Crippen molar-refractivity contribution in [1.82, 2.24) is 9.97 Å². The van der Waals surface area contributed by atoms with Gasteiger partial charge in [-0.05, 0) is 6.26 Å². The van der Waals surface area contributed by atoms with Gasteiger partial charge in [-0.2, -0.15) is 5.26 Å². The lowest BCUT2D eigenvalue weighted by Gasteiger charge is -1.99. The molecule has 4 nitrogen and oxygen atoms in total. The van der Waals surface area contributed by atoms with Crippen molar-refractivity contribution in [2.75, 3.05) is 12.0 Å². The molecular formula is C6H6N4S. The number of nitrogens with two attached hydrogens (primary N) is 1. The minimum absolute atomic E-state index is 0.240. The van der Waals surface area contributed by atoms with Gasteiger partial charge >= 0.3 is 0 Å². The first kappa shape index (κ1) is 7.82. The third kappa shape index (κ3) is 1.41. The van der Waals surface area contributed by atoms with E-state index < -0.39 is 0 Å². The van der Waals surface area contributed by atoms with E-state index in [-0.39, 0.29) is 5.69 Å². The molecule has 56 valence electrons. The van der Waals surface area contributed by atoms with E-state index in [2.05, 4.69) is 9.97 Å². The highest BCUT2D eigenvalue weighted by Gasteiger charge is 2.04. The number of anilines is 1. The van der Waals surface area contributed by atoms with E-state index in [1.165, 1.54) is 18.1 Å². The number of nitrogen functional groups attached to an aromatic ring is 1. The summed E-state index contributed by atoms with van der Waals surface area (Å²) in [6.07, 6.45) is 3.18. The van der Waals surface area contributed by atoms with Gasteiger partial charge in [-0.1, -0.05) is 0 Å². The highest BCUT2D eigenvalue weighted by Crippen LogP contribution is 2.20. The summed E-state index contributed by atoms with van der Waals surface area (Å²) in [7, 11) is 0. The molecule has 11 heavy (non-hydrogen) atoms. The maximum Gasteiger partial charge on any atom is 0.167 e. The lowest BCUT2D eigenvalue weighted by atomic mass is 10.4. The predicted octanol–water partition coefficient (Wildman–Crippen LogP) is 0.652. The Morgan fingerprint density at radius 2 is 2.36 bits per heavy atom. The second kappa shape index (κ2) is 3.21. The zero-order valence-electron chi connectivity index (χ0n) is 5.90. The molecular weight excluding hydrogens is 160 g/mol. The van der Waals surface area contributed by atoms with Crippen molar-refractivity contribution in [2.24, 2.45) is 0 Å². The van der Waals surface area contributed by atoms with Gasteiger partial charge in [0.2, 0.25) is 0 Å². The van der Waals surface area contributed by atoms with Crippen molar-refractivity contribution in [2.45, 2.75) is 5.03 Å². The van der Waals surface area contributed by atoms with E-state index in [1.807, 2.05) is 12.3 Å². The summed E-state index contributed by atoms with van der Waals surface area (Å²) in [5.41, 5.74) is 6.14. The van der Waals surface area contributed by atoms with Gasteiger partial charge in [-0.25, -0.2) is 9.97 Å². The molecule has 0 aliphatic rings. The Balaban J connectivity index is 3.23. The van der Waals surface area contributed by atoms with E-state index in [4.69, 9.17) is 11.0 Å². The van der Waals surface area contributed by atoms with Crippen molar-refractivity contribution in [3.05, 3.63) is 12.0 Å². The molecule has 0 amide bonds. The Labute approximate surface area is 68.5 Å². The second-order valence-electron chi connectivity index (χ2n) is 1.76. The van der Waals surface area contributed by atoms with Gasteiger partial charge in [0.25, 0.3) is 0 Å². The van der Waals surface area contributed by atoms with Crippen molar-refractivity contribution >= 4 is 17.4 Å². The normalized spacial score (nSPS) is 9.09. The molecule has 0 saturated heterocycles. The fraction of sp³-hybridized carbons (Fsp3) is 0.167. The monoisotopic (exact) mass is 166 g/mol. The topological polar surface area (TPSA) is 75.6 Å². The predicted molar refractivity (Wildman–Crippen MR) is 42.9 cm³/mol. The summed E-state index contributed by atoms with van der Waals surface area (Å²) in [4.78, 5) is 7.58. The number of nitrogens with zero attached hydrogens (tertiary/aromatic N) is 3. The van der Waals surface area contributed by atoms with Crippen molar-refractivity contribution in [1.29, 1.82) is 5.26 Å². The number of hydrogen-bond acceptors (Lipinski definition) is 5. The maximum atomic E-state index is 8.51. The van der Waals surface area contributed by atoms with Crippen molar-refractivity contribution in [3.8, 4) is 6.07 Å². The van der Waals surface area contributed by atoms with Crippen LogP contribution < -0.4 is 5.73 Å². The third-order valence-corrected chi connectivity index (χ3v) is 1.86. The van der Waals surface area contributed by atoms with E-state index in [1.54, 1.807) is 0 Å². The van der Waals surface area contributed by atoms with Gasteiger partial charge in [-0.15, -0.1) is 11.8 Å². The van der Waals surface area contributed by atoms with Crippen LogP contribution >= 0.6 is 11.8 Å².